The minimum atomic E-state index is -0.637. The summed E-state index contributed by atoms with van der Waals surface area (Å²) in [4.78, 5) is 27.4. The number of aromatic nitrogens is 1. The number of halogens is 1. The largest absolute Gasteiger partial charge is 0.497 e. The molecule has 0 saturated carbocycles. The van der Waals surface area contributed by atoms with Crippen molar-refractivity contribution < 1.29 is 18.9 Å². The van der Waals surface area contributed by atoms with Gasteiger partial charge in [-0.25, -0.2) is 4.98 Å². The zero-order valence-electron chi connectivity index (χ0n) is 15.6. The Labute approximate surface area is 175 Å². The smallest absolute Gasteiger partial charge is 0.288 e. The number of benzene rings is 3. The van der Waals surface area contributed by atoms with Gasteiger partial charge in [-0.2, -0.15) is 0 Å². The SMILES string of the molecule is COc1ccc2oc(-c3cccc(NC(=O)c4ccc(Cl)c([N+](=O)[O-])c4)c3)nc2c1. The summed E-state index contributed by atoms with van der Waals surface area (Å²) in [5.41, 5.74) is 2.17. The van der Waals surface area contributed by atoms with Crippen LogP contribution in [0.2, 0.25) is 5.02 Å². The lowest BCUT2D eigenvalue weighted by atomic mass is 10.1. The highest BCUT2D eigenvalue weighted by Crippen LogP contribution is 2.29. The third-order valence-corrected chi connectivity index (χ3v) is 4.69. The number of anilines is 1. The lowest BCUT2D eigenvalue weighted by molar-refractivity contribution is -0.384. The molecule has 0 bridgehead atoms. The summed E-state index contributed by atoms with van der Waals surface area (Å²) in [6, 6.07) is 16.1. The molecule has 0 aliphatic rings. The van der Waals surface area contributed by atoms with Gasteiger partial charge in [-0.3, -0.25) is 14.9 Å². The Kier molecular flexibility index (Phi) is 5.07. The van der Waals surface area contributed by atoms with E-state index in [0.717, 1.165) is 6.07 Å². The summed E-state index contributed by atoms with van der Waals surface area (Å²) in [5.74, 6) is 0.547. The molecule has 8 nitrogen and oxygen atoms in total. The Morgan fingerprint density at radius 2 is 2.00 bits per heavy atom. The number of carbonyl (C=O) groups is 1. The van der Waals surface area contributed by atoms with Gasteiger partial charge in [-0.15, -0.1) is 0 Å². The summed E-state index contributed by atoms with van der Waals surface area (Å²) in [6.45, 7) is 0. The van der Waals surface area contributed by atoms with Crippen LogP contribution >= 0.6 is 11.6 Å². The first-order chi connectivity index (χ1) is 14.4. The molecule has 1 amide bonds. The highest BCUT2D eigenvalue weighted by molar-refractivity contribution is 6.32. The van der Waals surface area contributed by atoms with Crippen molar-refractivity contribution in [2.75, 3.05) is 12.4 Å². The molecule has 0 atom stereocenters. The normalized spacial score (nSPS) is 10.7. The molecule has 30 heavy (non-hydrogen) atoms. The molecule has 9 heteroatoms. The van der Waals surface area contributed by atoms with E-state index in [4.69, 9.17) is 20.8 Å². The summed E-state index contributed by atoms with van der Waals surface area (Å²) in [6.07, 6.45) is 0. The fourth-order valence-electron chi connectivity index (χ4n) is 2.88. The van der Waals surface area contributed by atoms with Crippen LogP contribution in [0.3, 0.4) is 0 Å². The average molecular weight is 424 g/mol. The summed E-state index contributed by atoms with van der Waals surface area (Å²) < 4.78 is 11.0. The Morgan fingerprint density at radius 1 is 1.17 bits per heavy atom. The molecule has 4 aromatic rings. The van der Waals surface area contributed by atoms with Crippen LogP contribution in [0.15, 0.2) is 65.1 Å². The zero-order chi connectivity index (χ0) is 21.3. The van der Waals surface area contributed by atoms with E-state index in [0.29, 0.717) is 34.0 Å². The third-order valence-electron chi connectivity index (χ3n) is 4.37. The van der Waals surface area contributed by atoms with Crippen LogP contribution in [0.5, 0.6) is 5.75 Å². The predicted octanol–water partition coefficient (Wildman–Crippen LogP) is 5.32. The second kappa shape index (κ2) is 7.84. The molecule has 1 heterocycles. The number of hydrogen-bond acceptors (Lipinski definition) is 6. The van der Waals surface area contributed by atoms with Crippen molar-refractivity contribution in [3.63, 3.8) is 0 Å². The number of nitro benzene ring substituents is 1. The highest BCUT2D eigenvalue weighted by Gasteiger charge is 2.17. The number of oxazole rings is 1. The number of carbonyl (C=O) groups excluding carboxylic acids is 1. The van der Waals surface area contributed by atoms with Crippen molar-refractivity contribution in [2.45, 2.75) is 0 Å². The molecule has 1 N–H and O–H groups in total. The van der Waals surface area contributed by atoms with Gasteiger partial charge in [-0.05, 0) is 42.5 Å². The van der Waals surface area contributed by atoms with E-state index >= 15 is 0 Å². The van der Waals surface area contributed by atoms with E-state index < -0.39 is 10.8 Å². The zero-order valence-corrected chi connectivity index (χ0v) is 16.3. The van der Waals surface area contributed by atoms with Crippen LogP contribution in [0.4, 0.5) is 11.4 Å². The molecule has 1 aromatic heterocycles. The van der Waals surface area contributed by atoms with E-state index in [9.17, 15) is 14.9 Å². The van der Waals surface area contributed by atoms with Crippen molar-refractivity contribution in [1.29, 1.82) is 0 Å². The van der Waals surface area contributed by atoms with E-state index in [1.54, 1.807) is 49.6 Å². The number of hydrogen-bond donors (Lipinski definition) is 1. The van der Waals surface area contributed by atoms with Gasteiger partial charge in [0.25, 0.3) is 11.6 Å². The maximum Gasteiger partial charge on any atom is 0.288 e. The molecule has 0 aliphatic carbocycles. The van der Waals surface area contributed by atoms with Gasteiger partial charge in [0.15, 0.2) is 5.58 Å². The number of methoxy groups -OCH3 is 1. The molecule has 0 radical (unpaired) electrons. The number of nitrogens with zero attached hydrogens (tertiary/aromatic N) is 2. The van der Waals surface area contributed by atoms with E-state index in [-0.39, 0.29) is 16.3 Å². The van der Waals surface area contributed by atoms with Crippen LogP contribution < -0.4 is 10.1 Å². The standard InChI is InChI=1S/C21H14ClN3O5/c1-29-15-6-8-19-17(11-15)24-21(30-19)13-3-2-4-14(9-13)23-20(26)12-5-7-16(22)18(10-12)25(27)28/h2-11H,1H3,(H,23,26). The Bertz CT molecular complexity index is 1280. The molecule has 4 rings (SSSR count). The monoisotopic (exact) mass is 423 g/mol. The predicted molar refractivity (Wildman–Crippen MR) is 112 cm³/mol. The van der Waals surface area contributed by atoms with Gasteiger partial charge in [0.05, 0.1) is 12.0 Å². The van der Waals surface area contributed by atoms with Gasteiger partial charge < -0.3 is 14.5 Å². The van der Waals surface area contributed by atoms with Crippen molar-refractivity contribution in [3.8, 4) is 17.2 Å². The van der Waals surface area contributed by atoms with E-state index in [2.05, 4.69) is 10.3 Å². The van der Waals surface area contributed by atoms with Crippen molar-refractivity contribution in [2.24, 2.45) is 0 Å². The minimum Gasteiger partial charge on any atom is -0.497 e. The second-order valence-electron chi connectivity index (χ2n) is 6.31. The molecule has 0 fully saturated rings. The van der Waals surface area contributed by atoms with Gasteiger partial charge in [0.1, 0.15) is 16.3 Å². The summed E-state index contributed by atoms with van der Waals surface area (Å²) in [7, 11) is 1.57. The number of ether oxygens (including phenoxy) is 1. The molecule has 3 aromatic carbocycles. The van der Waals surface area contributed by atoms with Crippen LogP contribution in [0.1, 0.15) is 10.4 Å². The number of fused-ring (bicyclic) bond motifs is 1. The Hall–Kier alpha value is -3.91. The first kappa shape index (κ1) is 19.4. The number of nitrogens with one attached hydrogen (secondary N) is 1. The van der Waals surface area contributed by atoms with Gasteiger partial charge >= 0.3 is 0 Å². The molecule has 0 saturated heterocycles. The molecular formula is C21H14ClN3O5. The maximum atomic E-state index is 12.5. The fourth-order valence-corrected chi connectivity index (χ4v) is 3.07. The molecular weight excluding hydrogens is 410 g/mol. The molecule has 150 valence electrons. The molecule has 0 spiro atoms. The third kappa shape index (κ3) is 3.81. The van der Waals surface area contributed by atoms with Gasteiger partial charge in [-0.1, -0.05) is 17.7 Å². The lowest BCUT2D eigenvalue weighted by Gasteiger charge is -2.07. The first-order valence-corrected chi connectivity index (χ1v) is 9.13. The second-order valence-corrected chi connectivity index (χ2v) is 6.72. The quantitative estimate of drug-likeness (QED) is 0.344. The summed E-state index contributed by atoms with van der Waals surface area (Å²) in [5, 5.41) is 13.7. The molecule has 0 aliphatic heterocycles. The Balaban J connectivity index is 1.60. The van der Waals surface area contributed by atoms with Crippen molar-refractivity contribution >= 4 is 40.0 Å². The number of rotatable bonds is 5. The maximum absolute atomic E-state index is 12.5. The van der Waals surface area contributed by atoms with E-state index in [1.807, 2.05) is 0 Å². The van der Waals surface area contributed by atoms with Crippen molar-refractivity contribution in [3.05, 3.63) is 81.4 Å². The van der Waals surface area contributed by atoms with Crippen LogP contribution in [0.25, 0.3) is 22.6 Å². The number of amides is 1. The van der Waals surface area contributed by atoms with Gasteiger partial charge in [0.2, 0.25) is 5.89 Å². The first-order valence-electron chi connectivity index (χ1n) is 8.75. The summed E-state index contributed by atoms with van der Waals surface area (Å²) >= 11 is 5.80. The average Bonchev–Trinajstić information content (AvgIpc) is 3.17. The van der Waals surface area contributed by atoms with Crippen LogP contribution in [-0.4, -0.2) is 22.9 Å². The highest BCUT2D eigenvalue weighted by atomic mass is 35.5. The fraction of sp³-hybridized carbons (Fsp3) is 0.0476. The van der Waals surface area contributed by atoms with Crippen LogP contribution in [0, 0.1) is 10.1 Å². The Morgan fingerprint density at radius 3 is 2.77 bits per heavy atom. The number of nitro groups is 1. The minimum absolute atomic E-state index is 0.0360. The van der Waals surface area contributed by atoms with E-state index in [1.165, 1.54) is 12.1 Å². The van der Waals surface area contributed by atoms with Crippen LogP contribution in [-0.2, 0) is 0 Å². The van der Waals surface area contributed by atoms with Gasteiger partial charge in [0, 0.05) is 28.9 Å². The topological polar surface area (TPSA) is 108 Å². The molecule has 0 unspecified atom stereocenters. The lowest BCUT2D eigenvalue weighted by Crippen LogP contribution is -2.12. The van der Waals surface area contributed by atoms with Crippen molar-refractivity contribution in [1.82, 2.24) is 4.98 Å².